The van der Waals surface area contributed by atoms with Gasteiger partial charge in [-0.2, -0.15) is 0 Å². The Balaban J connectivity index is 1.88. The van der Waals surface area contributed by atoms with E-state index in [4.69, 9.17) is 14.2 Å². The highest BCUT2D eigenvalue weighted by Gasteiger charge is 2.31. The predicted octanol–water partition coefficient (Wildman–Crippen LogP) is 3.70. The summed E-state index contributed by atoms with van der Waals surface area (Å²) in [5, 5.41) is 0. The van der Waals surface area contributed by atoms with E-state index in [1.165, 1.54) is 0 Å². The van der Waals surface area contributed by atoms with Crippen LogP contribution in [-0.2, 0) is 14.2 Å². The number of methoxy groups -OCH3 is 2. The van der Waals surface area contributed by atoms with Crippen molar-refractivity contribution in [2.45, 2.75) is 26.1 Å². The fourth-order valence-corrected chi connectivity index (χ4v) is 3.99. The second kappa shape index (κ2) is 11.3. The molecule has 31 heavy (non-hydrogen) atoms. The molecule has 0 bridgehead atoms. The number of carbonyl (C=O) groups is 1. The number of amides is 1. The minimum Gasteiger partial charge on any atom is -0.383 e. The maximum atomic E-state index is 13.7. The molecule has 1 aliphatic rings. The van der Waals surface area contributed by atoms with Crippen LogP contribution in [0, 0.1) is 6.92 Å². The number of hydrogen-bond acceptors (Lipinski definition) is 5. The summed E-state index contributed by atoms with van der Waals surface area (Å²) in [5.74, 6) is 0.0367. The number of nitrogens with zero attached hydrogens (tertiary/aromatic N) is 2. The molecule has 3 rings (SSSR count). The van der Waals surface area contributed by atoms with Gasteiger partial charge in [0.15, 0.2) is 0 Å². The first kappa shape index (κ1) is 23.3. The molecule has 1 amide bonds. The maximum Gasteiger partial charge on any atom is 0.256 e. The maximum absolute atomic E-state index is 13.7. The average Bonchev–Trinajstić information content (AvgIpc) is 2.79. The highest BCUT2D eigenvalue weighted by molar-refractivity contribution is 6.00. The van der Waals surface area contributed by atoms with Crippen molar-refractivity contribution in [3.63, 3.8) is 0 Å². The Morgan fingerprint density at radius 2 is 1.74 bits per heavy atom. The summed E-state index contributed by atoms with van der Waals surface area (Å²) < 4.78 is 16.8. The van der Waals surface area contributed by atoms with Gasteiger partial charge < -0.3 is 24.0 Å². The SMILES string of the molecule is COCCN(CCOC)c1ccc(C)cc1C(=O)N1C[C@@H](c2ccccc2)O[C@@H](C)C1. The van der Waals surface area contributed by atoms with Crippen LogP contribution in [0.1, 0.15) is 34.5 Å². The summed E-state index contributed by atoms with van der Waals surface area (Å²) >= 11 is 0. The van der Waals surface area contributed by atoms with Gasteiger partial charge in [0.1, 0.15) is 6.10 Å². The van der Waals surface area contributed by atoms with Crippen LogP contribution in [0.5, 0.6) is 0 Å². The van der Waals surface area contributed by atoms with Gasteiger partial charge in [-0.1, -0.05) is 42.0 Å². The number of anilines is 1. The Bertz CT molecular complexity index is 835. The van der Waals surface area contributed by atoms with Gasteiger partial charge >= 0.3 is 0 Å². The summed E-state index contributed by atoms with van der Waals surface area (Å²) in [6.07, 6.45) is -0.158. The van der Waals surface area contributed by atoms with Crippen LogP contribution in [0.4, 0.5) is 5.69 Å². The molecule has 1 heterocycles. The molecular weight excluding hydrogens is 392 g/mol. The molecule has 0 aliphatic carbocycles. The smallest absolute Gasteiger partial charge is 0.256 e. The van der Waals surface area contributed by atoms with Gasteiger partial charge in [-0.25, -0.2) is 0 Å². The van der Waals surface area contributed by atoms with E-state index in [1.807, 2.05) is 55.1 Å². The summed E-state index contributed by atoms with van der Waals surface area (Å²) in [5.41, 5.74) is 3.79. The predicted molar refractivity (Wildman–Crippen MR) is 123 cm³/mol. The molecule has 0 aromatic heterocycles. The van der Waals surface area contributed by atoms with Crippen LogP contribution in [0.25, 0.3) is 0 Å². The molecule has 0 spiro atoms. The Labute approximate surface area is 185 Å². The van der Waals surface area contributed by atoms with Crippen molar-refractivity contribution in [1.29, 1.82) is 0 Å². The standard InChI is InChI=1S/C25H34N2O4/c1-19-10-11-23(26(12-14-29-3)13-15-30-4)22(16-19)25(28)27-17-20(2)31-24(18-27)21-8-6-5-7-9-21/h5-11,16,20,24H,12-15,17-18H2,1-4H3/t20-,24-/m0/s1. The van der Waals surface area contributed by atoms with E-state index in [-0.39, 0.29) is 18.1 Å². The van der Waals surface area contributed by atoms with E-state index in [1.54, 1.807) is 14.2 Å². The fraction of sp³-hybridized carbons (Fsp3) is 0.480. The minimum atomic E-state index is -0.125. The lowest BCUT2D eigenvalue weighted by Gasteiger charge is -2.38. The lowest BCUT2D eigenvalue weighted by Crippen LogP contribution is -2.46. The van der Waals surface area contributed by atoms with Gasteiger partial charge in [0.2, 0.25) is 0 Å². The molecule has 0 saturated carbocycles. The molecule has 0 radical (unpaired) electrons. The lowest BCUT2D eigenvalue weighted by molar-refractivity contribution is -0.0691. The molecule has 2 aromatic rings. The highest BCUT2D eigenvalue weighted by Crippen LogP contribution is 2.29. The Morgan fingerprint density at radius 1 is 1.06 bits per heavy atom. The van der Waals surface area contributed by atoms with Crippen LogP contribution in [0.2, 0.25) is 0 Å². The van der Waals surface area contributed by atoms with Crippen LogP contribution in [-0.4, -0.2) is 70.5 Å². The zero-order chi connectivity index (χ0) is 22.2. The summed E-state index contributed by atoms with van der Waals surface area (Å²) in [6.45, 7) is 7.69. The van der Waals surface area contributed by atoms with Crippen molar-refractivity contribution in [3.8, 4) is 0 Å². The van der Waals surface area contributed by atoms with Crippen molar-refractivity contribution in [1.82, 2.24) is 4.90 Å². The van der Waals surface area contributed by atoms with E-state index in [9.17, 15) is 4.79 Å². The van der Waals surface area contributed by atoms with Gasteiger partial charge in [0, 0.05) is 39.5 Å². The third-order valence-electron chi connectivity index (χ3n) is 5.57. The summed E-state index contributed by atoms with van der Waals surface area (Å²) in [6, 6.07) is 16.2. The average molecular weight is 427 g/mol. The molecule has 1 fully saturated rings. The quantitative estimate of drug-likeness (QED) is 0.612. The van der Waals surface area contributed by atoms with Gasteiger partial charge in [-0.05, 0) is 31.5 Å². The Hall–Kier alpha value is -2.41. The van der Waals surface area contributed by atoms with Gasteiger partial charge in [0.25, 0.3) is 5.91 Å². The second-order valence-electron chi connectivity index (χ2n) is 8.05. The van der Waals surface area contributed by atoms with Crippen LogP contribution in [0.3, 0.4) is 0 Å². The zero-order valence-corrected chi connectivity index (χ0v) is 19.0. The molecule has 1 saturated heterocycles. The largest absolute Gasteiger partial charge is 0.383 e. The number of aryl methyl sites for hydroxylation is 1. The number of benzene rings is 2. The highest BCUT2D eigenvalue weighted by atomic mass is 16.5. The summed E-state index contributed by atoms with van der Waals surface area (Å²) in [4.78, 5) is 17.8. The van der Waals surface area contributed by atoms with Crippen LogP contribution in [0.15, 0.2) is 48.5 Å². The normalized spacial score (nSPS) is 18.8. The fourth-order valence-electron chi connectivity index (χ4n) is 3.99. The third-order valence-corrected chi connectivity index (χ3v) is 5.57. The number of hydrogen-bond donors (Lipinski definition) is 0. The van der Waals surface area contributed by atoms with Crippen molar-refractivity contribution in [2.75, 3.05) is 58.5 Å². The first-order valence-corrected chi connectivity index (χ1v) is 10.9. The molecule has 1 aliphatic heterocycles. The Kier molecular flexibility index (Phi) is 8.46. The molecule has 6 heteroatoms. The summed E-state index contributed by atoms with van der Waals surface area (Å²) in [7, 11) is 3.38. The second-order valence-corrected chi connectivity index (χ2v) is 8.05. The van der Waals surface area contributed by atoms with Crippen LogP contribution < -0.4 is 4.90 Å². The van der Waals surface area contributed by atoms with Crippen molar-refractivity contribution in [3.05, 3.63) is 65.2 Å². The number of morpholine rings is 1. The topological polar surface area (TPSA) is 51.2 Å². The van der Waals surface area contributed by atoms with Gasteiger partial charge in [-0.15, -0.1) is 0 Å². The zero-order valence-electron chi connectivity index (χ0n) is 19.0. The lowest BCUT2D eigenvalue weighted by atomic mass is 10.0. The minimum absolute atomic E-state index is 0.0331. The van der Waals surface area contributed by atoms with E-state index in [2.05, 4.69) is 17.0 Å². The van der Waals surface area contributed by atoms with E-state index >= 15 is 0 Å². The van der Waals surface area contributed by atoms with Crippen molar-refractivity contribution >= 4 is 11.6 Å². The Morgan fingerprint density at radius 3 is 2.39 bits per heavy atom. The van der Waals surface area contributed by atoms with Gasteiger partial charge in [0.05, 0.1) is 31.4 Å². The molecular formula is C25H34N2O4. The monoisotopic (exact) mass is 426 g/mol. The van der Waals surface area contributed by atoms with E-state index in [0.29, 0.717) is 45.0 Å². The molecule has 0 unspecified atom stereocenters. The molecule has 0 N–H and O–H groups in total. The number of carbonyl (C=O) groups excluding carboxylic acids is 1. The molecule has 2 aromatic carbocycles. The first-order chi connectivity index (χ1) is 15.0. The van der Waals surface area contributed by atoms with Gasteiger partial charge in [-0.3, -0.25) is 4.79 Å². The number of rotatable bonds is 9. The third kappa shape index (κ3) is 6.06. The van der Waals surface area contributed by atoms with Crippen molar-refractivity contribution < 1.29 is 19.0 Å². The van der Waals surface area contributed by atoms with Crippen molar-refractivity contribution in [2.24, 2.45) is 0 Å². The molecule has 168 valence electrons. The van der Waals surface area contributed by atoms with E-state index < -0.39 is 0 Å². The molecule has 2 atom stereocenters. The molecule has 6 nitrogen and oxygen atoms in total. The van der Waals surface area contributed by atoms with Crippen LogP contribution >= 0.6 is 0 Å². The van der Waals surface area contributed by atoms with E-state index in [0.717, 1.165) is 16.8 Å². The first-order valence-electron chi connectivity index (χ1n) is 10.9. The number of ether oxygens (including phenoxy) is 3.